The number of epoxide rings is 1. The van der Waals surface area contributed by atoms with E-state index in [0.717, 1.165) is 57.8 Å². The fraction of sp³-hybridized carbons (Fsp3) is 0.900. The predicted molar refractivity (Wildman–Crippen MR) is 191 cm³/mol. The molecule has 1 aliphatic heterocycles. The van der Waals surface area contributed by atoms with Gasteiger partial charge in [0.1, 0.15) is 6.61 Å². The van der Waals surface area contributed by atoms with Crippen LogP contribution in [0.2, 0.25) is 0 Å². The Morgan fingerprint density at radius 3 is 1.63 bits per heavy atom. The number of unbranched alkanes of at least 4 members (excludes halogenated alkanes) is 22. The quantitative estimate of drug-likeness (QED) is 0.0318. The zero-order valence-electron chi connectivity index (χ0n) is 30.3. The molecule has 0 spiro atoms. The minimum Gasteiger partial charge on any atom is -0.462 e. The summed E-state index contributed by atoms with van der Waals surface area (Å²) in [5.74, 6) is -0.603. The second kappa shape index (κ2) is 32.2. The molecule has 1 heterocycles. The van der Waals surface area contributed by atoms with Crippen molar-refractivity contribution in [3.63, 3.8) is 0 Å². The van der Waals surface area contributed by atoms with Gasteiger partial charge in [-0.1, -0.05) is 161 Å². The molecule has 0 aromatic heterocycles. The standard InChI is InChI=1S/C40H74O6/c1-3-5-7-8-9-10-11-12-13-14-15-16-17-21-24-28-32-39(42)44-35-36(34-41)45-40(43)33-29-25-22-19-18-20-23-27-31-38-37(46-38)30-26-6-4-2/h23,27,36-38,41H,3-22,24-26,28-35H2,1-2H3/b27-23-/t36-,37?,38?/m0/s1. The third-order valence-electron chi connectivity index (χ3n) is 9.23. The van der Waals surface area contributed by atoms with Gasteiger partial charge in [0.25, 0.3) is 0 Å². The molecule has 2 unspecified atom stereocenters. The van der Waals surface area contributed by atoms with Gasteiger partial charge in [-0.2, -0.15) is 0 Å². The molecule has 0 radical (unpaired) electrons. The first-order valence-electron chi connectivity index (χ1n) is 19.9. The summed E-state index contributed by atoms with van der Waals surface area (Å²) in [7, 11) is 0. The van der Waals surface area contributed by atoms with Crippen LogP contribution in [0.5, 0.6) is 0 Å². The van der Waals surface area contributed by atoms with E-state index in [9.17, 15) is 14.7 Å². The molecule has 0 aromatic rings. The fourth-order valence-electron chi connectivity index (χ4n) is 6.09. The summed E-state index contributed by atoms with van der Waals surface area (Å²) in [4.78, 5) is 24.3. The van der Waals surface area contributed by atoms with Crippen molar-refractivity contribution in [3.8, 4) is 0 Å². The lowest BCUT2D eigenvalue weighted by Crippen LogP contribution is -2.28. The Morgan fingerprint density at radius 1 is 0.609 bits per heavy atom. The van der Waals surface area contributed by atoms with Gasteiger partial charge < -0.3 is 19.3 Å². The first-order chi connectivity index (χ1) is 22.6. The molecule has 1 rings (SSSR count). The Hall–Kier alpha value is -1.40. The molecule has 6 heteroatoms. The fourth-order valence-corrected chi connectivity index (χ4v) is 6.09. The molecule has 0 bridgehead atoms. The smallest absolute Gasteiger partial charge is 0.306 e. The summed E-state index contributed by atoms with van der Waals surface area (Å²) >= 11 is 0. The Balaban J connectivity index is 1.86. The minimum atomic E-state index is -0.776. The zero-order valence-corrected chi connectivity index (χ0v) is 30.3. The van der Waals surface area contributed by atoms with Gasteiger partial charge in [-0.3, -0.25) is 9.59 Å². The second-order valence-electron chi connectivity index (χ2n) is 13.8. The van der Waals surface area contributed by atoms with E-state index >= 15 is 0 Å². The monoisotopic (exact) mass is 651 g/mol. The van der Waals surface area contributed by atoms with E-state index in [0.29, 0.717) is 25.0 Å². The number of allylic oxidation sites excluding steroid dienone is 1. The number of aliphatic hydroxyl groups excluding tert-OH is 1. The van der Waals surface area contributed by atoms with E-state index in [4.69, 9.17) is 14.2 Å². The lowest BCUT2D eigenvalue weighted by molar-refractivity contribution is -0.161. The van der Waals surface area contributed by atoms with Gasteiger partial charge in [0.15, 0.2) is 6.10 Å². The highest BCUT2D eigenvalue weighted by Gasteiger charge is 2.36. The first-order valence-corrected chi connectivity index (χ1v) is 19.9. The Bertz CT molecular complexity index is 723. The Labute approximate surface area is 284 Å². The average molecular weight is 651 g/mol. The molecular weight excluding hydrogens is 576 g/mol. The van der Waals surface area contributed by atoms with Crippen molar-refractivity contribution >= 4 is 11.9 Å². The third-order valence-corrected chi connectivity index (χ3v) is 9.23. The molecule has 0 amide bonds. The van der Waals surface area contributed by atoms with Gasteiger partial charge >= 0.3 is 11.9 Å². The van der Waals surface area contributed by atoms with Gasteiger partial charge in [-0.25, -0.2) is 0 Å². The van der Waals surface area contributed by atoms with Crippen molar-refractivity contribution in [2.45, 2.75) is 218 Å². The lowest BCUT2D eigenvalue weighted by atomic mass is 10.0. The maximum atomic E-state index is 12.2. The second-order valence-corrected chi connectivity index (χ2v) is 13.8. The van der Waals surface area contributed by atoms with Gasteiger partial charge in [0.05, 0.1) is 18.8 Å². The van der Waals surface area contributed by atoms with Crippen molar-refractivity contribution in [2.75, 3.05) is 13.2 Å². The van der Waals surface area contributed by atoms with Gasteiger partial charge in [0.2, 0.25) is 0 Å². The molecule has 1 saturated heterocycles. The van der Waals surface area contributed by atoms with E-state index in [1.807, 2.05) is 0 Å². The molecule has 0 saturated carbocycles. The van der Waals surface area contributed by atoms with Gasteiger partial charge in [-0.05, 0) is 38.5 Å². The molecule has 6 nitrogen and oxygen atoms in total. The molecular formula is C40H74O6. The highest BCUT2D eigenvalue weighted by molar-refractivity contribution is 5.70. The maximum absolute atomic E-state index is 12.2. The Morgan fingerprint density at radius 2 is 1.09 bits per heavy atom. The van der Waals surface area contributed by atoms with Gasteiger partial charge in [0, 0.05) is 12.8 Å². The van der Waals surface area contributed by atoms with E-state index in [-0.39, 0.29) is 25.2 Å². The van der Waals surface area contributed by atoms with Crippen molar-refractivity contribution in [1.29, 1.82) is 0 Å². The molecule has 1 fully saturated rings. The topological polar surface area (TPSA) is 85.4 Å². The van der Waals surface area contributed by atoms with E-state index in [1.54, 1.807) is 0 Å². The number of rotatable bonds is 35. The summed E-state index contributed by atoms with van der Waals surface area (Å²) in [6.07, 6.45) is 38.7. The molecule has 1 aliphatic rings. The van der Waals surface area contributed by atoms with Crippen LogP contribution in [0.4, 0.5) is 0 Å². The largest absolute Gasteiger partial charge is 0.462 e. The third kappa shape index (κ3) is 27.7. The molecule has 46 heavy (non-hydrogen) atoms. The van der Waals surface area contributed by atoms with Crippen molar-refractivity contribution in [1.82, 2.24) is 0 Å². The summed E-state index contributed by atoms with van der Waals surface area (Å²) in [5, 5.41) is 9.55. The highest BCUT2D eigenvalue weighted by Crippen LogP contribution is 2.30. The summed E-state index contributed by atoms with van der Waals surface area (Å²) in [6.45, 7) is 4.10. The molecule has 0 aliphatic carbocycles. The van der Waals surface area contributed by atoms with Gasteiger partial charge in [-0.15, -0.1) is 0 Å². The number of aliphatic hydroxyl groups is 1. The van der Waals surface area contributed by atoms with Crippen LogP contribution in [0.3, 0.4) is 0 Å². The summed E-state index contributed by atoms with van der Waals surface area (Å²) in [5.41, 5.74) is 0. The van der Waals surface area contributed by atoms with Crippen LogP contribution in [0.25, 0.3) is 0 Å². The number of carbonyl (C=O) groups excluding carboxylic acids is 2. The van der Waals surface area contributed by atoms with Crippen LogP contribution in [-0.2, 0) is 23.8 Å². The van der Waals surface area contributed by atoms with E-state index in [2.05, 4.69) is 26.0 Å². The summed E-state index contributed by atoms with van der Waals surface area (Å²) < 4.78 is 16.3. The number of hydrogen-bond donors (Lipinski definition) is 1. The lowest BCUT2D eigenvalue weighted by Gasteiger charge is -2.15. The number of ether oxygens (including phenoxy) is 3. The Kier molecular flexibility index (Phi) is 29.8. The average Bonchev–Trinajstić information content (AvgIpc) is 3.81. The number of esters is 2. The van der Waals surface area contributed by atoms with E-state index in [1.165, 1.54) is 116 Å². The normalized spacial score (nSPS) is 16.6. The van der Waals surface area contributed by atoms with Crippen molar-refractivity contribution < 1.29 is 28.9 Å². The van der Waals surface area contributed by atoms with Crippen LogP contribution < -0.4 is 0 Å². The van der Waals surface area contributed by atoms with Crippen LogP contribution in [0.15, 0.2) is 12.2 Å². The van der Waals surface area contributed by atoms with Crippen LogP contribution in [0.1, 0.15) is 200 Å². The zero-order chi connectivity index (χ0) is 33.3. The molecule has 3 atom stereocenters. The highest BCUT2D eigenvalue weighted by atomic mass is 16.6. The van der Waals surface area contributed by atoms with Crippen LogP contribution >= 0.6 is 0 Å². The SMILES string of the molecule is CCCCCCCCCCCCCCCCCCC(=O)OC[C@H](CO)OC(=O)CCCCCCC/C=C\CC1OC1CCCCC. The maximum Gasteiger partial charge on any atom is 0.306 e. The molecule has 270 valence electrons. The van der Waals surface area contributed by atoms with E-state index < -0.39 is 6.10 Å². The minimum absolute atomic E-state index is 0.0696. The molecule has 0 aromatic carbocycles. The first kappa shape index (κ1) is 42.6. The van der Waals surface area contributed by atoms with Crippen molar-refractivity contribution in [2.24, 2.45) is 0 Å². The molecule has 1 N–H and O–H groups in total. The van der Waals surface area contributed by atoms with Crippen LogP contribution in [0, 0.1) is 0 Å². The number of carbonyl (C=O) groups is 2. The number of hydrogen-bond acceptors (Lipinski definition) is 6. The van der Waals surface area contributed by atoms with Crippen LogP contribution in [-0.4, -0.2) is 48.6 Å². The van der Waals surface area contributed by atoms with Crippen molar-refractivity contribution in [3.05, 3.63) is 12.2 Å². The predicted octanol–water partition coefficient (Wildman–Crippen LogP) is 11.1. The summed E-state index contributed by atoms with van der Waals surface area (Å²) in [6, 6.07) is 0.